The number of hydrogen-bond acceptors (Lipinski definition) is 4. The van der Waals surface area contributed by atoms with E-state index in [9.17, 15) is 9.18 Å². The van der Waals surface area contributed by atoms with Gasteiger partial charge in [0.15, 0.2) is 0 Å². The van der Waals surface area contributed by atoms with E-state index < -0.39 is 0 Å². The Morgan fingerprint density at radius 1 is 1.25 bits per heavy atom. The minimum atomic E-state index is -0.187. The van der Waals surface area contributed by atoms with Gasteiger partial charge in [-0.25, -0.2) is 14.2 Å². The van der Waals surface area contributed by atoms with Crippen molar-refractivity contribution in [3.05, 3.63) is 53.2 Å². The van der Waals surface area contributed by atoms with Gasteiger partial charge >= 0.3 is 6.03 Å². The summed E-state index contributed by atoms with van der Waals surface area (Å²) in [4.78, 5) is 25.2. The molecule has 0 saturated carbocycles. The van der Waals surface area contributed by atoms with E-state index in [4.69, 9.17) is 0 Å². The summed E-state index contributed by atoms with van der Waals surface area (Å²) in [5.74, 6) is 0.693. The molecule has 0 bridgehead atoms. The second-order valence-corrected chi connectivity index (χ2v) is 7.53. The summed E-state index contributed by atoms with van der Waals surface area (Å²) in [6.45, 7) is 7.10. The third-order valence-electron chi connectivity index (χ3n) is 5.50. The van der Waals surface area contributed by atoms with Gasteiger partial charge in [-0.05, 0) is 50.3 Å². The second kappa shape index (κ2) is 8.54. The zero-order valence-corrected chi connectivity index (χ0v) is 16.9. The molecular formula is C21H28FN5O. The Labute approximate surface area is 165 Å². The molecule has 1 aliphatic heterocycles. The first-order valence-electron chi connectivity index (χ1n) is 9.67. The Balaban J connectivity index is 1.56. The van der Waals surface area contributed by atoms with E-state index in [1.807, 2.05) is 14.0 Å². The fraction of sp³-hybridized carbons (Fsp3) is 0.476. The van der Waals surface area contributed by atoms with Gasteiger partial charge in [-0.3, -0.25) is 4.98 Å². The number of nitrogens with one attached hydrogen (secondary N) is 1. The number of amides is 2. The number of rotatable bonds is 4. The molecule has 1 unspecified atom stereocenters. The van der Waals surface area contributed by atoms with Crippen molar-refractivity contribution in [3.63, 3.8) is 0 Å². The maximum atomic E-state index is 13.9. The molecule has 2 heterocycles. The molecule has 150 valence electrons. The standard InChI is InChI=1S/C21H28FN5O/c1-14-11-17(12-15(2)20(14)22)16(3)25-21(28)26(4)18-5-9-27(10-6-18)19-13-23-7-8-24-19/h7-8,11-13,16,18H,5-6,9-10H2,1-4H3,(H,25,28). The molecule has 0 radical (unpaired) electrons. The average molecular weight is 385 g/mol. The van der Waals surface area contributed by atoms with Crippen LogP contribution in [0, 0.1) is 19.7 Å². The van der Waals surface area contributed by atoms with Crippen molar-refractivity contribution >= 4 is 11.8 Å². The van der Waals surface area contributed by atoms with E-state index in [1.54, 1.807) is 49.5 Å². The van der Waals surface area contributed by atoms with Crippen LogP contribution in [-0.2, 0) is 0 Å². The summed E-state index contributed by atoms with van der Waals surface area (Å²) in [6, 6.07) is 3.48. The van der Waals surface area contributed by atoms with Crippen LogP contribution >= 0.6 is 0 Å². The number of piperidine rings is 1. The summed E-state index contributed by atoms with van der Waals surface area (Å²) in [5.41, 5.74) is 2.11. The minimum Gasteiger partial charge on any atom is -0.355 e. The van der Waals surface area contributed by atoms with Crippen molar-refractivity contribution in [2.75, 3.05) is 25.0 Å². The first-order valence-corrected chi connectivity index (χ1v) is 9.67. The molecule has 6 nitrogen and oxygen atoms in total. The van der Waals surface area contributed by atoms with Crippen LogP contribution in [0.25, 0.3) is 0 Å². The van der Waals surface area contributed by atoms with Crippen LogP contribution in [0.5, 0.6) is 0 Å². The van der Waals surface area contributed by atoms with Gasteiger partial charge in [0, 0.05) is 38.6 Å². The van der Waals surface area contributed by atoms with Crippen LogP contribution in [0.2, 0.25) is 0 Å². The van der Waals surface area contributed by atoms with E-state index in [2.05, 4.69) is 20.2 Å². The highest BCUT2D eigenvalue weighted by atomic mass is 19.1. The van der Waals surface area contributed by atoms with Crippen LogP contribution in [0.3, 0.4) is 0 Å². The minimum absolute atomic E-state index is 0.106. The number of carbonyl (C=O) groups is 1. The van der Waals surface area contributed by atoms with Gasteiger partial charge in [0.05, 0.1) is 12.2 Å². The summed E-state index contributed by atoms with van der Waals surface area (Å²) in [5, 5.41) is 3.04. The third kappa shape index (κ3) is 4.40. The number of aromatic nitrogens is 2. The molecule has 2 amide bonds. The van der Waals surface area contributed by atoms with Gasteiger partial charge in [0.25, 0.3) is 0 Å². The zero-order chi connectivity index (χ0) is 20.3. The SMILES string of the molecule is Cc1cc(C(C)NC(=O)N(C)C2CCN(c3cnccn3)CC2)cc(C)c1F. The lowest BCUT2D eigenvalue weighted by Crippen LogP contribution is -2.49. The van der Waals surface area contributed by atoms with Crippen molar-refractivity contribution in [1.82, 2.24) is 20.2 Å². The van der Waals surface area contributed by atoms with Crippen LogP contribution < -0.4 is 10.2 Å². The second-order valence-electron chi connectivity index (χ2n) is 7.53. The fourth-order valence-electron chi connectivity index (χ4n) is 3.70. The molecule has 1 aromatic heterocycles. The number of benzene rings is 1. The predicted molar refractivity (Wildman–Crippen MR) is 108 cm³/mol. The van der Waals surface area contributed by atoms with Gasteiger partial charge in [-0.2, -0.15) is 0 Å². The highest BCUT2D eigenvalue weighted by Gasteiger charge is 2.26. The summed E-state index contributed by atoms with van der Waals surface area (Å²) in [7, 11) is 1.84. The van der Waals surface area contributed by atoms with Crippen molar-refractivity contribution in [2.45, 2.75) is 45.7 Å². The molecule has 1 N–H and O–H groups in total. The first-order chi connectivity index (χ1) is 13.4. The molecule has 1 saturated heterocycles. The molecule has 28 heavy (non-hydrogen) atoms. The molecule has 1 fully saturated rings. The molecule has 1 atom stereocenters. The zero-order valence-electron chi connectivity index (χ0n) is 16.9. The van der Waals surface area contributed by atoms with Gasteiger partial charge in [0.2, 0.25) is 0 Å². The lowest BCUT2D eigenvalue weighted by Gasteiger charge is -2.37. The first kappa shape index (κ1) is 20.0. The molecule has 2 aromatic rings. The fourth-order valence-corrected chi connectivity index (χ4v) is 3.70. The number of nitrogens with zero attached hydrogens (tertiary/aromatic N) is 4. The number of aryl methyl sites for hydroxylation is 2. The third-order valence-corrected chi connectivity index (χ3v) is 5.50. The molecular weight excluding hydrogens is 357 g/mol. The number of anilines is 1. The number of hydrogen-bond donors (Lipinski definition) is 1. The molecule has 1 aliphatic rings. The monoisotopic (exact) mass is 385 g/mol. The van der Waals surface area contributed by atoms with E-state index in [1.165, 1.54) is 0 Å². The van der Waals surface area contributed by atoms with Gasteiger partial charge in [0.1, 0.15) is 11.6 Å². The molecule has 0 spiro atoms. The predicted octanol–water partition coefficient (Wildman–Crippen LogP) is 3.60. The smallest absolute Gasteiger partial charge is 0.317 e. The number of halogens is 1. The van der Waals surface area contributed by atoms with E-state index in [0.717, 1.165) is 37.3 Å². The Kier molecular flexibility index (Phi) is 6.11. The molecule has 7 heteroatoms. The summed E-state index contributed by atoms with van der Waals surface area (Å²) < 4.78 is 13.9. The van der Waals surface area contributed by atoms with Crippen LogP contribution in [-0.4, -0.2) is 47.1 Å². The highest BCUT2D eigenvalue weighted by molar-refractivity contribution is 5.74. The Morgan fingerprint density at radius 3 is 2.46 bits per heavy atom. The Morgan fingerprint density at radius 2 is 1.89 bits per heavy atom. The van der Waals surface area contributed by atoms with Crippen LogP contribution in [0.4, 0.5) is 15.0 Å². The molecule has 0 aliphatic carbocycles. The maximum Gasteiger partial charge on any atom is 0.317 e. The van der Waals surface area contributed by atoms with Gasteiger partial charge in [-0.15, -0.1) is 0 Å². The van der Waals surface area contributed by atoms with E-state index in [0.29, 0.717) is 11.1 Å². The van der Waals surface area contributed by atoms with Gasteiger partial charge < -0.3 is 15.1 Å². The lowest BCUT2D eigenvalue weighted by molar-refractivity contribution is 0.177. The van der Waals surface area contributed by atoms with Crippen LogP contribution in [0.1, 0.15) is 42.5 Å². The average Bonchev–Trinajstić information content (AvgIpc) is 2.71. The number of urea groups is 1. The van der Waals surface area contributed by atoms with Crippen LogP contribution in [0.15, 0.2) is 30.7 Å². The maximum absolute atomic E-state index is 13.9. The number of carbonyl (C=O) groups excluding carboxylic acids is 1. The highest BCUT2D eigenvalue weighted by Crippen LogP contribution is 2.22. The summed E-state index contributed by atoms with van der Waals surface area (Å²) >= 11 is 0. The van der Waals surface area contributed by atoms with Crippen molar-refractivity contribution in [3.8, 4) is 0 Å². The normalized spacial score (nSPS) is 16.0. The van der Waals surface area contributed by atoms with Crippen molar-refractivity contribution < 1.29 is 9.18 Å². The van der Waals surface area contributed by atoms with Crippen molar-refractivity contribution in [1.29, 1.82) is 0 Å². The van der Waals surface area contributed by atoms with Crippen molar-refractivity contribution in [2.24, 2.45) is 0 Å². The summed E-state index contributed by atoms with van der Waals surface area (Å²) in [6.07, 6.45) is 6.89. The molecule has 3 rings (SSSR count). The topological polar surface area (TPSA) is 61.4 Å². The van der Waals surface area contributed by atoms with Gasteiger partial charge in [-0.1, -0.05) is 12.1 Å². The van der Waals surface area contributed by atoms with E-state index >= 15 is 0 Å². The lowest BCUT2D eigenvalue weighted by atomic mass is 10.0. The Bertz CT molecular complexity index is 798. The van der Waals surface area contributed by atoms with E-state index in [-0.39, 0.29) is 23.9 Å². The quantitative estimate of drug-likeness (QED) is 0.874. The largest absolute Gasteiger partial charge is 0.355 e. The molecule has 1 aromatic carbocycles. The Hall–Kier alpha value is -2.70.